The van der Waals surface area contributed by atoms with Gasteiger partial charge >= 0.3 is 0 Å². The predicted molar refractivity (Wildman–Crippen MR) is 101 cm³/mol. The van der Waals surface area contributed by atoms with E-state index in [1.54, 1.807) is 30.3 Å². The summed E-state index contributed by atoms with van der Waals surface area (Å²) >= 11 is 7.28. The van der Waals surface area contributed by atoms with E-state index in [-0.39, 0.29) is 11.7 Å². The molecule has 1 aromatic heterocycles. The van der Waals surface area contributed by atoms with Crippen molar-refractivity contribution in [3.8, 4) is 11.3 Å². The predicted octanol–water partition coefficient (Wildman–Crippen LogP) is 5.56. The SMILES string of the molecule is Cc1sc(NC(=O)C=Cc2ccccc2F)nc1-c1ccc(Cl)cc1. The van der Waals surface area contributed by atoms with Crippen LogP contribution in [0, 0.1) is 12.7 Å². The van der Waals surface area contributed by atoms with Gasteiger partial charge in [0.1, 0.15) is 5.82 Å². The van der Waals surface area contributed by atoms with Gasteiger partial charge in [0, 0.05) is 27.1 Å². The van der Waals surface area contributed by atoms with Crippen molar-refractivity contribution in [2.45, 2.75) is 6.92 Å². The van der Waals surface area contributed by atoms with Gasteiger partial charge in [-0.25, -0.2) is 9.37 Å². The van der Waals surface area contributed by atoms with Crippen LogP contribution < -0.4 is 5.32 Å². The lowest BCUT2D eigenvalue weighted by Gasteiger charge is -1.99. The van der Waals surface area contributed by atoms with Gasteiger partial charge in [-0.15, -0.1) is 11.3 Å². The van der Waals surface area contributed by atoms with Crippen LogP contribution in [-0.4, -0.2) is 10.9 Å². The third kappa shape index (κ3) is 4.32. The first kappa shape index (κ1) is 17.3. The Kier molecular flexibility index (Phi) is 5.26. The zero-order chi connectivity index (χ0) is 17.8. The summed E-state index contributed by atoms with van der Waals surface area (Å²) < 4.78 is 13.5. The number of nitrogens with one attached hydrogen (secondary N) is 1. The number of rotatable bonds is 4. The van der Waals surface area contributed by atoms with Crippen LogP contribution in [0.25, 0.3) is 17.3 Å². The van der Waals surface area contributed by atoms with Crippen molar-refractivity contribution in [3.63, 3.8) is 0 Å². The monoisotopic (exact) mass is 372 g/mol. The van der Waals surface area contributed by atoms with Gasteiger partial charge in [-0.3, -0.25) is 10.1 Å². The normalized spacial score (nSPS) is 11.0. The molecule has 0 atom stereocenters. The smallest absolute Gasteiger partial charge is 0.250 e. The van der Waals surface area contributed by atoms with Crippen molar-refractivity contribution in [1.29, 1.82) is 0 Å². The van der Waals surface area contributed by atoms with E-state index >= 15 is 0 Å². The molecule has 126 valence electrons. The molecule has 0 unspecified atom stereocenters. The Balaban J connectivity index is 1.73. The molecule has 3 aromatic rings. The quantitative estimate of drug-likeness (QED) is 0.609. The van der Waals surface area contributed by atoms with E-state index in [1.165, 1.54) is 29.6 Å². The zero-order valence-corrected chi connectivity index (χ0v) is 14.9. The Morgan fingerprint density at radius 1 is 1.20 bits per heavy atom. The minimum Gasteiger partial charge on any atom is -0.298 e. The van der Waals surface area contributed by atoms with Crippen molar-refractivity contribution in [3.05, 3.63) is 75.9 Å². The molecule has 1 amide bonds. The Morgan fingerprint density at radius 3 is 2.64 bits per heavy atom. The van der Waals surface area contributed by atoms with Crippen LogP contribution in [0.5, 0.6) is 0 Å². The molecule has 0 radical (unpaired) electrons. The fourth-order valence-electron chi connectivity index (χ4n) is 2.25. The van der Waals surface area contributed by atoms with Crippen LogP contribution in [-0.2, 0) is 4.79 Å². The maximum Gasteiger partial charge on any atom is 0.250 e. The van der Waals surface area contributed by atoms with E-state index in [2.05, 4.69) is 10.3 Å². The summed E-state index contributed by atoms with van der Waals surface area (Å²) in [4.78, 5) is 17.5. The van der Waals surface area contributed by atoms with Gasteiger partial charge in [0.05, 0.1) is 5.69 Å². The molecule has 0 aliphatic carbocycles. The minimum absolute atomic E-state index is 0.356. The van der Waals surface area contributed by atoms with Gasteiger partial charge in [-0.1, -0.05) is 41.9 Å². The third-order valence-corrected chi connectivity index (χ3v) is 4.60. The molecule has 1 heterocycles. The number of halogens is 2. The van der Waals surface area contributed by atoms with Crippen molar-refractivity contribution in [2.24, 2.45) is 0 Å². The molecule has 0 bridgehead atoms. The Hall–Kier alpha value is -2.50. The third-order valence-electron chi connectivity index (χ3n) is 3.46. The highest BCUT2D eigenvalue weighted by Gasteiger charge is 2.11. The standard InChI is InChI=1S/C19H14ClFN2OS/c1-12-18(14-6-9-15(20)10-7-14)23-19(25-12)22-17(24)11-8-13-4-2-3-5-16(13)21/h2-11H,1H3,(H,22,23,24). The van der Waals surface area contributed by atoms with E-state index in [9.17, 15) is 9.18 Å². The maximum absolute atomic E-state index is 13.5. The number of aryl methyl sites for hydroxylation is 1. The van der Waals surface area contributed by atoms with Crippen molar-refractivity contribution in [1.82, 2.24) is 4.98 Å². The van der Waals surface area contributed by atoms with Gasteiger partial charge < -0.3 is 0 Å². The molecule has 0 saturated carbocycles. The first-order valence-corrected chi connectivity index (χ1v) is 8.69. The van der Waals surface area contributed by atoms with Crippen LogP contribution in [0.2, 0.25) is 5.02 Å². The summed E-state index contributed by atoms with van der Waals surface area (Å²) in [7, 11) is 0. The van der Waals surface area contributed by atoms with Crippen LogP contribution in [0.1, 0.15) is 10.4 Å². The number of hydrogen-bond acceptors (Lipinski definition) is 3. The topological polar surface area (TPSA) is 42.0 Å². The number of nitrogens with zero attached hydrogens (tertiary/aromatic N) is 1. The van der Waals surface area contributed by atoms with Crippen molar-refractivity contribution >= 4 is 40.1 Å². The van der Waals surface area contributed by atoms with Gasteiger partial charge in [0.25, 0.3) is 0 Å². The number of hydrogen-bond donors (Lipinski definition) is 1. The largest absolute Gasteiger partial charge is 0.298 e. The first-order chi connectivity index (χ1) is 12.0. The molecule has 3 rings (SSSR count). The fraction of sp³-hybridized carbons (Fsp3) is 0.0526. The molecule has 0 aliphatic heterocycles. The molecule has 25 heavy (non-hydrogen) atoms. The molecule has 0 aliphatic rings. The number of anilines is 1. The highest BCUT2D eigenvalue weighted by Crippen LogP contribution is 2.31. The molecule has 0 saturated heterocycles. The highest BCUT2D eigenvalue weighted by molar-refractivity contribution is 7.16. The van der Waals surface area contributed by atoms with Gasteiger partial charge in [0.2, 0.25) is 5.91 Å². The van der Waals surface area contributed by atoms with E-state index in [0.717, 1.165) is 16.1 Å². The van der Waals surface area contributed by atoms with E-state index < -0.39 is 0 Å². The lowest BCUT2D eigenvalue weighted by atomic mass is 10.1. The molecule has 3 nitrogen and oxygen atoms in total. The summed E-state index contributed by atoms with van der Waals surface area (Å²) in [6.07, 6.45) is 2.72. The van der Waals surface area contributed by atoms with Gasteiger partial charge in [0.15, 0.2) is 5.13 Å². The lowest BCUT2D eigenvalue weighted by molar-refractivity contribution is -0.111. The molecule has 6 heteroatoms. The molecule has 0 spiro atoms. The number of thiazole rings is 1. The number of amides is 1. The van der Waals surface area contributed by atoms with E-state index in [0.29, 0.717) is 15.7 Å². The summed E-state index contributed by atoms with van der Waals surface area (Å²) in [5, 5.41) is 3.85. The molecular formula is C19H14ClFN2OS. The first-order valence-electron chi connectivity index (χ1n) is 7.50. The second-order valence-corrected chi connectivity index (χ2v) is 6.91. The Morgan fingerprint density at radius 2 is 1.92 bits per heavy atom. The Bertz CT molecular complexity index is 935. The average Bonchev–Trinajstić information content (AvgIpc) is 2.95. The zero-order valence-electron chi connectivity index (χ0n) is 13.3. The highest BCUT2D eigenvalue weighted by atomic mass is 35.5. The number of carbonyl (C=O) groups excluding carboxylic acids is 1. The summed E-state index contributed by atoms with van der Waals surface area (Å²) in [6, 6.07) is 13.6. The summed E-state index contributed by atoms with van der Waals surface area (Å²) in [5.41, 5.74) is 2.09. The average molecular weight is 373 g/mol. The second-order valence-electron chi connectivity index (χ2n) is 5.27. The second kappa shape index (κ2) is 7.59. The Labute approximate surface area is 153 Å². The molecule has 1 N–H and O–H groups in total. The number of carbonyl (C=O) groups is 1. The number of benzene rings is 2. The molecule has 0 fully saturated rings. The van der Waals surface area contributed by atoms with E-state index in [1.807, 2.05) is 19.1 Å². The number of aromatic nitrogens is 1. The fourth-order valence-corrected chi connectivity index (χ4v) is 3.21. The lowest BCUT2D eigenvalue weighted by Crippen LogP contribution is -2.07. The van der Waals surface area contributed by atoms with Gasteiger partial charge in [-0.2, -0.15) is 0 Å². The summed E-state index contributed by atoms with van der Waals surface area (Å²) in [5.74, 6) is -0.735. The van der Waals surface area contributed by atoms with Crippen LogP contribution in [0.4, 0.5) is 9.52 Å². The van der Waals surface area contributed by atoms with Crippen LogP contribution >= 0.6 is 22.9 Å². The van der Waals surface area contributed by atoms with Gasteiger partial charge in [-0.05, 0) is 31.2 Å². The molecule has 2 aromatic carbocycles. The van der Waals surface area contributed by atoms with Crippen LogP contribution in [0.3, 0.4) is 0 Å². The summed E-state index contributed by atoms with van der Waals surface area (Å²) in [6.45, 7) is 1.94. The van der Waals surface area contributed by atoms with Crippen molar-refractivity contribution in [2.75, 3.05) is 5.32 Å². The minimum atomic E-state index is -0.373. The van der Waals surface area contributed by atoms with E-state index in [4.69, 9.17) is 11.6 Å². The van der Waals surface area contributed by atoms with Crippen molar-refractivity contribution < 1.29 is 9.18 Å². The van der Waals surface area contributed by atoms with Crippen LogP contribution in [0.15, 0.2) is 54.6 Å². The molecular weight excluding hydrogens is 359 g/mol. The maximum atomic E-state index is 13.5.